The minimum atomic E-state index is -0.614. The van der Waals surface area contributed by atoms with Gasteiger partial charge in [0.2, 0.25) is 0 Å². The topological polar surface area (TPSA) is 78.9 Å². The molecule has 0 amide bonds. The molecule has 1 unspecified atom stereocenters. The van der Waals surface area contributed by atoms with Crippen LogP contribution in [-0.4, -0.2) is 24.5 Å². The van der Waals surface area contributed by atoms with Crippen molar-refractivity contribution in [1.82, 2.24) is 0 Å². The van der Waals surface area contributed by atoms with E-state index in [1.165, 1.54) is 17.7 Å². The summed E-state index contributed by atoms with van der Waals surface area (Å²) in [7, 11) is 0. The number of rotatable bonds is 12. The number of esters is 3. The third-order valence-electron chi connectivity index (χ3n) is 8.70. The number of carbonyl (C=O) groups excluding carboxylic acids is 3. The van der Waals surface area contributed by atoms with Gasteiger partial charge in [0.05, 0.1) is 23.3 Å². The van der Waals surface area contributed by atoms with Gasteiger partial charge in [-0.2, -0.15) is 0 Å². The number of hydrogen-bond acceptors (Lipinski definition) is 6. The Kier molecular flexibility index (Phi) is 12.7. The van der Waals surface area contributed by atoms with E-state index in [2.05, 4.69) is 32.8 Å². The van der Waals surface area contributed by atoms with Crippen LogP contribution in [0.15, 0.2) is 102 Å². The third-order valence-corrected chi connectivity index (χ3v) is 8.70. The normalized spacial score (nSPS) is 16.3. The minimum absolute atomic E-state index is 0.000648. The summed E-state index contributed by atoms with van der Waals surface area (Å²) in [6.45, 7) is 10.0. The molecule has 0 N–H and O–H groups in total. The first-order valence-corrected chi connectivity index (χ1v) is 16.5. The molecule has 3 aromatic carbocycles. The second-order valence-electron chi connectivity index (χ2n) is 12.4. The van der Waals surface area contributed by atoms with E-state index in [0.29, 0.717) is 16.7 Å². The molecule has 3 aromatic rings. The standard InChI is InChI=1S/C42H44O6/c1-7-9-18-31(8-2)41(44)47-38-30(6)26-36-35(25-24-29(5)37(36)39(38)48-42(45)33-21-14-11-15-22-33)34(23-16-17-28(3)4)27-46-40(43)32-19-12-10-13-20-32/h1,8-15,17-22,26,29,34-35H,16,23-25,27H2,2-6H3/b18-9-,31-8+/t29-,34?,35+/m1/s1. The Bertz CT molecular complexity index is 1740. The smallest absolute Gasteiger partial charge is 0.343 e. The summed E-state index contributed by atoms with van der Waals surface area (Å²) < 4.78 is 18.1. The Morgan fingerprint density at radius 3 is 2.19 bits per heavy atom. The fraction of sp³-hybridized carbons (Fsp3) is 0.310. The molecule has 1 aliphatic carbocycles. The van der Waals surface area contributed by atoms with Crippen LogP contribution < -0.4 is 9.47 Å². The van der Waals surface area contributed by atoms with Gasteiger partial charge in [0.15, 0.2) is 11.5 Å². The Morgan fingerprint density at radius 2 is 1.58 bits per heavy atom. The molecular formula is C42H44O6. The van der Waals surface area contributed by atoms with Crippen molar-refractivity contribution in [2.75, 3.05) is 6.61 Å². The zero-order valence-electron chi connectivity index (χ0n) is 28.5. The lowest BCUT2D eigenvalue weighted by molar-refractivity contribution is -0.129. The van der Waals surface area contributed by atoms with E-state index in [-0.39, 0.29) is 47.4 Å². The van der Waals surface area contributed by atoms with E-state index in [1.807, 2.05) is 37.3 Å². The van der Waals surface area contributed by atoms with E-state index in [0.717, 1.165) is 36.8 Å². The van der Waals surface area contributed by atoms with Gasteiger partial charge in [-0.1, -0.05) is 73.0 Å². The highest BCUT2D eigenvalue weighted by Gasteiger charge is 2.36. The number of aryl methyl sites for hydroxylation is 1. The second kappa shape index (κ2) is 17.1. The highest BCUT2D eigenvalue weighted by molar-refractivity contribution is 5.95. The van der Waals surface area contributed by atoms with Gasteiger partial charge in [-0.3, -0.25) is 0 Å². The fourth-order valence-electron chi connectivity index (χ4n) is 6.20. The lowest BCUT2D eigenvalue weighted by Gasteiger charge is -2.36. The number of carbonyl (C=O) groups is 3. The molecule has 248 valence electrons. The first-order valence-electron chi connectivity index (χ1n) is 16.5. The summed E-state index contributed by atoms with van der Waals surface area (Å²) >= 11 is 0. The van der Waals surface area contributed by atoms with Crippen molar-refractivity contribution in [3.63, 3.8) is 0 Å². The van der Waals surface area contributed by atoms with Crippen LogP contribution in [0.3, 0.4) is 0 Å². The van der Waals surface area contributed by atoms with Gasteiger partial charge in [-0.25, -0.2) is 14.4 Å². The fourth-order valence-corrected chi connectivity index (χ4v) is 6.20. The predicted octanol–water partition coefficient (Wildman–Crippen LogP) is 9.46. The third kappa shape index (κ3) is 9.01. The molecule has 1 aliphatic rings. The van der Waals surface area contributed by atoms with Crippen LogP contribution in [0.4, 0.5) is 0 Å². The lowest BCUT2D eigenvalue weighted by Crippen LogP contribution is -2.26. The molecule has 48 heavy (non-hydrogen) atoms. The van der Waals surface area contributed by atoms with E-state index in [1.54, 1.807) is 49.4 Å². The van der Waals surface area contributed by atoms with Crippen molar-refractivity contribution in [2.45, 2.75) is 72.1 Å². The molecule has 0 saturated heterocycles. The molecule has 0 spiro atoms. The monoisotopic (exact) mass is 644 g/mol. The molecule has 0 heterocycles. The van der Waals surface area contributed by atoms with E-state index >= 15 is 0 Å². The van der Waals surface area contributed by atoms with Gasteiger partial charge in [0, 0.05) is 11.5 Å². The maximum atomic E-state index is 13.5. The highest BCUT2D eigenvalue weighted by atomic mass is 16.6. The average Bonchev–Trinajstić information content (AvgIpc) is 3.08. The van der Waals surface area contributed by atoms with Gasteiger partial charge in [-0.15, -0.1) is 6.42 Å². The van der Waals surface area contributed by atoms with Gasteiger partial charge < -0.3 is 14.2 Å². The van der Waals surface area contributed by atoms with Crippen molar-refractivity contribution in [2.24, 2.45) is 5.92 Å². The van der Waals surface area contributed by atoms with Crippen LogP contribution in [0.5, 0.6) is 11.5 Å². The van der Waals surface area contributed by atoms with Crippen molar-refractivity contribution < 1.29 is 28.6 Å². The van der Waals surface area contributed by atoms with Crippen molar-refractivity contribution in [3.05, 3.63) is 130 Å². The Labute approximate surface area is 284 Å². The SMILES string of the molecule is C#C/C=C\C(=C/C)C(=O)Oc1c(C)cc2c(c1OC(=O)c1ccccc1)[C@H](C)CC[C@H]2C(CCC=C(C)C)COC(=O)c1ccccc1. The summed E-state index contributed by atoms with van der Waals surface area (Å²) in [5.74, 6) is 1.31. The molecule has 4 rings (SSSR count). The maximum Gasteiger partial charge on any atom is 0.343 e. The van der Waals surface area contributed by atoms with Gasteiger partial charge in [-0.05, 0) is 113 Å². The van der Waals surface area contributed by atoms with E-state index in [9.17, 15) is 14.4 Å². The summed E-state index contributed by atoms with van der Waals surface area (Å²) in [6.07, 6.45) is 15.4. The zero-order valence-corrected chi connectivity index (χ0v) is 28.5. The van der Waals surface area contributed by atoms with E-state index in [4.69, 9.17) is 20.6 Å². The molecule has 0 bridgehead atoms. The van der Waals surface area contributed by atoms with Crippen LogP contribution in [0.25, 0.3) is 0 Å². The highest BCUT2D eigenvalue weighted by Crippen LogP contribution is 2.51. The minimum Gasteiger partial charge on any atom is -0.462 e. The predicted molar refractivity (Wildman–Crippen MR) is 189 cm³/mol. The molecule has 0 fully saturated rings. The first-order chi connectivity index (χ1) is 23.1. The average molecular weight is 645 g/mol. The Morgan fingerprint density at radius 1 is 0.938 bits per heavy atom. The van der Waals surface area contributed by atoms with Crippen LogP contribution in [0.1, 0.15) is 103 Å². The number of ether oxygens (including phenoxy) is 3. The second-order valence-corrected chi connectivity index (χ2v) is 12.4. The molecular weight excluding hydrogens is 600 g/mol. The molecule has 3 atom stereocenters. The summed E-state index contributed by atoms with van der Waals surface area (Å²) in [6, 6.07) is 19.8. The number of fused-ring (bicyclic) bond motifs is 1. The molecule has 0 aliphatic heterocycles. The first kappa shape index (κ1) is 35.7. The number of hydrogen-bond donors (Lipinski definition) is 0. The number of allylic oxidation sites excluding steroid dienone is 4. The van der Waals surface area contributed by atoms with Crippen LogP contribution in [0.2, 0.25) is 0 Å². The molecule has 0 radical (unpaired) electrons. The zero-order chi connectivity index (χ0) is 34.6. The van der Waals surface area contributed by atoms with Crippen molar-refractivity contribution in [3.8, 4) is 23.8 Å². The summed E-state index contributed by atoms with van der Waals surface area (Å²) in [5.41, 5.74) is 4.87. The quantitative estimate of drug-likeness (QED) is 0.0488. The Balaban J connectivity index is 1.80. The van der Waals surface area contributed by atoms with Crippen molar-refractivity contribution >= 4 is 17.9 Å². The molecule has 0 aromatic heterocycles. The van der Waals surface area contributed by atoms with Gasteiger partial charge in [0.25, 0.3) is 0 Å². The van der Waals surface area contributed by atoms with Crippen molar-refractivity contribution in [1.29, 1.82) is 0 Å². The molecule has 6 nitrogen and oxygen atoms in total. The van der Waals surface area contributed by atoms with Gasteiger partial charge >= 0.3 is 17.9 Å². The lowest BCUT2D eigenvalue weighted by atomic mass is 9.70. The largest absolute Gasteiger partial charge is 0.462 e. The van der Waals surface area contributed by atoms with Crippen LogP contribution in [-0.2, 0) is 9.53 Å². The molecule has 6 heteroatoms. The number of benzene rings is 3. The summed E-state index contributed by atoms with van der Waals surface area (Å²) in [4.78, 5) is 39.9. The summed E-state index contributed by atoms with van der Waals surface area (Å²) in [5, 5.41) is 0. The number of terminal acetylenes is 1. The van der Waals surface area contributed by atoms with Crippen LogP contribution >= 0.6 is 0 Å². The molecule has 0 saturated carbocycles. The van der Waals surface area contributed by atoms with E-state index < -0.39 is 11.9 Å². The Hall–Kier alpha value is -5.15. The van der Waals surface area contributed by atoms with Gasteiger partial charge in [0.1, 0.15) is 0 Å². The van der Waals surface area contributed by atoms with Crippen LogP contribution in [0, 0.1) is 25.2 Å². The maximum absolute atomic E-state index is 13.5.